The minimum Gasteiger partial charge on any atom is -0.348 e. The van der Waals surface area contributed by atoms with Gasteiger partial charge in [0.15, 0.2) is 0 Å². The molecule has 4 nitrogen and oxygen atoms in total. The van der Waals surface area contributed by atoms with Gasteiger partial charge in [-0.2, -0.15) is 4.98 Å². The highest BCUT2D eigenvalue weighted by atomic mass is 32.1. The van der Waals surface area contributed by atoms with Gasteiger partial charge in [0, 0.05) is 21.2 Å². The van der Waals surface area contributed by atoms with Gasteiger partial charge in [0.1, 0.15) is 5.82 Å². The van der Waals surface area contributed by atoms with E-state index in [1.807, 2.05) is 0 Å². The molecule has 3 aromatic rings. The monoisotopic (exact) mass is 304 g/mol. The maximum atomic E-state index is 4.41. The number of nitrogens with zero attached hydrogens (tertiary/aromatic N) is 2. The number of anilines is 1. The van der Waals surface area contributed by atoms with Crippen LogP contribution in [0.25, 0.3) is 10.4 Å². The average Bonchev–Trinajstić information content (AvgIpc) is 3.17. The van der Waals surface area contributed by atoms with E-state index in [0.717, 1.165) is 12.4 Å². The van der Waals surface area contributed by atoms with E-state index in [2.05, 4.69) is 63.3 Å². The summed E-state index contributed by atoms with van der Waals surface area (Å²) < 4.78 is 0. The third kappa shape index (κ3) is 2.91. The van der Waals surface area contributed by atoms with Gasteiger partial charge >= 0.3 is 0 Å². The van der Waals surface area contributed by atoms with Crippen molar-refractivity contribution in [2.24, 2.45) is 0 Å². The Morgan fingerprint density at radius 1 is 1.35 bits per heavy atom. The van der Waals surface area contributed by atoms with Gasteiger partial charge in [0.25, 0.3) is 0 Å². The molecule has 0 unspecified atom stereocenters. The number of rotatable bonds is 5. The zero-order chi connectivity index (χ0) is 13.9. The van der Waals surface area contributed by atoms with Crippen molar-refractivity contribution in [1.82, 2.24) is 15.2 Å². The first-order valence-corrected chi connectivity index (χ1v) is 8.26. The molecule has 0 aliphatic carbocycles. The Balaban J connectivity index is 1.63. The maximum Gasteiger partial charge on any atom is 0.242 e. The molecule has 0 fully saturated rings. The normalized spacial score (nSPS) is 11.2. The van der Waals surface area contributed by atoms with E-state index in [1.54, 1.807) is 22.7 Å². The Kier molecular flexibility index (Phi) is 3.84. The Morgan fingerprint density at radius 2 is 2.25 bits per heavy atom. The van der Waals surface area contributed by atoms with Crippen LogP contribution in [0, 0.1) is 0 Å². The van der Waals surface area contributed by atoms with Gasteiger partial charge in [-0.1, -0.05) is 19.9 Å². The van der Waals surface area contributed by atoms with Gasteiger partial charge in [-0.25, -0.2) is 0 Å². The molecule has 0 aromatic carbocycles. The number of aromatic nitrogens is 3. The molecule has 20 heavy (non-hydrogen) atoms. The SMILES string of the molecule is CC(C)c1nc(NCc2cc(-c3cccs3)cs2)n[nH]1. The molecule has 3 aromatic heterocycles. The molecule has 0 aliphatic rings. The molecule has 2 N–H and O–H groups in total. The third-order valence-electron chi connectivity index (χ3n) is 2.93. The highest BCUT2D eigenvalue weighted by Crippen LogP contribution is 2.29. The average molecular weight is 304 g/mol. The molecule has 3 heterocycles. The first-order valence-electron chi connectivity index (χ1n) is 6.50. The van der Waals surface area contributed by atoms with Gasteiger partial charge in [0.05, 0.1) is 6.54 Å². The molecular weight excluding hydrogens is 288 g/mol. The number of aromatic amines is 1. The lowest BCUT2D eigenvalue weighted by Gasteiger charge is -1.98. The predicted molar refractivity (Wildman–Crippen MR) is 85.4 cm³/mol. The van der Waals surface area contributed by atoms with Crippen molar-refractivity contribution in [2.45, 2.75) is 26.3 Å². The van der Waals surface area contributed by atoms with Crippen LogP contribution >= 0.6 is 22.7 Å². The van der Waals surface area contributed by atoms with Crippen molar-refractivity contribution in [1.29, 1.82) is 0 Å². The summed E-state index contributed by atoms with van der Waals surface area (Å²) in [5.41, 5.74) is 1.29. The fraction of sp³-hybridized carbons (Fsp3) is 0.286. The smallest absolute Gasteiger partial charge is 0.242 e. The Labute approximate surface area is 125 Å². The third-order valence-corrected chi connectivity index (χ3v) is 4.79. The predicted octanol–water partition coefficient (Wildman–Crippen LogP) is 4.33. The van der Waals surface area contributed by atoms with E-state index in [0.29, 0.717) is 11.9 Å². The largest absolute Gasteiger partial charge is 0.348 e. The van der Waals surface area contributed by atoms with E-state index < -0.39 is 0 Å². The van der Waals surface area contributed by atoms with Crippen LogP contribution in [0.4, 0.5) is 5.95 Å². The number of H-pyrrole nitrogens is 1. The summed E-state index contributed by atoms with van der Waals surface area (Å²) in [5, 5.41) is 14.7. The van der Waals surface area contributed by atoms with Crippen LogP contribution in [0.15, 0.2) is 29.0 Å². The number of thiophene rings is 2. The lowest BCUT2D eigenvalue weighted by Crippen LogP contribution is -1.99. The zero-order valence-electron chi connectivity index (χ0n) is 11.4. The van der Waals surface area contributed by atoms with Gasteiger partial charge in [0.2, 0.25) is 5.95 Å². The van der Waals surface area contributed by atoms with E-state index in [-0.39, 0.29) is 0 Å². The summed E-state index contributed by atoms with van der Waals surface area (Å²) in [4.78, 5) is 7.00. The minimum absolute atomic E-state index is 0.366. The first-order chi connectivity index (χ1) is 9.72. The first kappa shape index (κ1) is 13.3. The molecule has 0 saturated carbocycles. The summed E-state index contributed by atoms with van der Waals surface area (Å²) in [6, 6.07) is 6.45. The van der Waals surface area contributed by atoms with Crippen molar-refractivity contribution in [3.8, 4) is 10.4 Å². The Bertz CT molecular complexity index is 667. The molecule has 0 aliphatic heterocycles. The van der Waals surface area contributed by atoms with E-state index >= 15 is 0 Å². The molecule has 0 atom stereocenters. The second-order valence-corrected chi connectivity index (χ2v) is 6.77. The van der Waals surface area contributed by atoms with Gasteiger partial charge < -0.3 is 5.32 Å². The summed E-state index contributed by atoms with van der Waals surface area (Å²) in [6.45, 7) is 4.94. The topological polar surface area (TPSA) is 53.6 Å². The molecule has 0 spiro atoms. The number of hydrogen-bond donors (Lipinski definition) is 2. The molecule has 104 valence electrons. The zero-order valence-corrected chi connectivity index (χ0v) is 13.0. The molecule has 3 rings (SSSR count). The summed E-state index contributed by atoms with van der Waals surface area (Å²) in [7, 11) is 0. The van der Waals surface area contributed by atoms with Crippen molar-refractivity contribution >= 4 is 28.6 Å². The molecule has 0 amide bonds. The van der Waals surface area contributed by atoms with Crippen molar-refractivity contribution in [3.05, 3.63) is 39.7 Å². The molecule has 0 radical (unpaired) electrons. The second-order valence-electron chi connectivity index (χ2n) is 4.83. The molecular formula is C14H16N4S2. The van der Waals surface area contributed by atoms with Gasteiger partial charge in [-0.05, 0) is 22.9 Å². The maximum absolute atomic E-state index is 4.41. The van der Waals surface area contributed by atoms with Crippen molar-refractivity contribution in [3.63, 3.8) is 0 Å². The summed E-state index contributed by atoms with van der Waals surface area (Å²) >= 11 is 3.53. The minimum atomic E-state index is 0.366. The van der Waals surface area contributed by atoms with Crippen LogP contribution < -0.4 is 5.32 Å². The van der Waals surface area contributed by atoms with Crippen LogP contribution in [-0.2, 0) is 6.54 Å². The molecule has 0 bridgehead atoms. The van der Waals surface area contributed by atoms with E-state index in [9.17, 15) is 0 Å². The standard InChI is InChI=1S/C14H16N4S2/c1-9(2)13-16-14(18-17-13)15-7-11-6-10(8-20-11)12-4-3-5-19-12/h3-6,8-9H,7H2,1-2H3,(H2,15,16,17,18). The second kappa shape index (κ2) is 5.76. The van der Waals surface area contributed by atoms with Crippen LogP contribution in [-0.4, -0.2) is 15.2 Å². The van der Waals surface area contributed by atoms with Crippen molar-refractivity contribution < 1.29 is 0 Å². The summed E-state index contributed by atoms with van der Waals surface area (Å²) in [5.74, 6) is 1.95. The quantitative estimate of drug-likeness (QED) is 0.737. The lowest BCUT2D eigenvalue weighted by molar-refractivity contribution is 0.781. The van der Waals surface area contributed by atoms with E-state index in [1.165, 1.54) is 15.3 Å². The van der Waals surface area contributed by atoms with Crippen LogP contribution in [0.2, 0.25) is 0 Å². The summed E-state index contributed by atoms with van der Waals surface area (Å²) in [6.07, 6.45) is 0. The highest BCUT2D eigenvalue weighted by Gasteiger charge is 2.07. The lowest BCUT2D eigenvalue weighted by atomic mass is 10.2. The van der Waals surface area contributed by atoms with Crippen LogP contribution in [0.1, 0.15) is 30.5 Å². The fourth-order valence-electron chi connectivity index (χ4n) is 1.82. The molecule has 0 saturated heterocycles. The molecule has 6 heteroatoms. The van der Waals surface area contributed by atoms with E-state index in [4.69, 9.17) is 0 Å². The van der Waals surface area contributed by atoms with Crippen LogP contribution in [0.3, 0.4) is 0 Å². The van der Waals surface area contributed by atoms with Gasteiger partial charge in [-0.3, -0.25) is 5.10 Å². The Morgan fingerprint density at radius 3 is 2.95 bits per heavy atom. The van der Waals surface area contributed by atoms with Crippen LogP contribution in [0.5, 0.6) is 0 Å². The fourth-order valence-corrected chi connectivity index (χ4v) is 3.44. The number of hydrogen-bond acceptors (Lipinski definition) is 5. The highest BCUT2D eigenvalue weighted by molar-refractivity contribution is 7.14. The number of nitrogens with one attached hydrogen (secondary N) is 2. The van der Waals surface area contributed by atoms with Gasteiger partial charge in [-0.15, -0.1) is 27.8 Å². The van der Waals surface area contributed by atoms with Crippen molar-refractivity contribution in [2.75, 3.05) is 5.32 Å². The Hall–Kier alpha value is -1.66.